The van der Waals surface area contributed by atoms with Crippen LogP contribution in [0.1, 0.15) is 29.7 Å². The topological polar surface area (TPSA) is 92.7 Å². The molecular formula is C24H23NO5S. The Balaban J connectivity index is 1.64. The van der Waals surface area contributed by atoms with Crippen molar-refractivity contribution < 1.29 is 23.1 Å². The Labute approximate surface area is 181 Å². The van der Waals surface area contributed by atoms with Crippen LogP contribution in [0.15, 0.2) is 77.7 Å². The van der Waals surface area contributed by atoms with E-state index in [0.29, 0.717) is 12.0 Å². The van der Waals surface area contributed by atoms with Crippen LogP contribution < -0.4 is 4.72 Å². The molecule has 3 aromatic carbocycles. The van der Waals surface area contributed by atoms with E-state index in [-0.39, 0.29) is 11.5 Å². The van der Waals surface area contributed by atoms with E-state index >= 15 is 0 Å². The minimum Gasteiger partial charge on any atom is -0.465 e. The monoisotopic (exact) mass is 437 g/mol. The number of esters is 1. The summed E-state index contributed by atoms with van der Waals surface area (Å²) in [6.07, 6.45) is -0.753. The van der Waals surface area contributed by atoms with Crippen LogP contribution in [0.25, 0.3) is 11.1 Å². The number of fused-ring (bicyclic) bond motifs is 3. The highest BCUT2D eigenvalue weighted by molar-refractivity contribution is 7.89. The van der Waals surface area contributed by atoms with Gasteiger partial charge in [-0.15, -0.1) is 0 Å². The highest BCUT2D eigenvalue weighted by Gasteiger charge is 2.34. The maximum atomic E-state index is 13.1. The zero-order valence-corrected chi connectivity index (χ0v) is 17.8. The van der Waals surface area contributed by atoms with Crippen molar-refractivity contribution in [2.75, 3.05) is 6.61 Å². The number of rotatable bonds is 7. The van der Waals surface area contributed by atoms with Gasteiger partial charge in [0.2, 0.25) is 10.0 Å². The fourth-order valence-electron chi connectivity index (χ4n) is 3.84. The molecule has 2 atom stereocenters. The molecule has 2 unspecified atom stereocenters. The third-order valence-electron chi connectivity index (χ3n) is 5.35. The maximum absolute atomic E-state index is 13.1. The minimum atomic E-state index is -4.10. The number of sulfonamides is 1. The normalized spacial score (nSPS) is 14.4. The third-order valence-corrected chi connectivity index (χ3v) is 6.79. The van der Waals surface area contributed by atoms with E-state index in [0.717, 1.165) is 22.3 Å². The molecule has 0 saturated carbocycles. The lowest BCUT2D eigenvalue weighted by Crippen LogP contribution is -2.45. The lowest BCUT2D eigenvalue weighted by atomic mass is 10.0. The number of aliphatic hydroxyl groups excluding tert-OH is 1. The van der Waals surface area contributed by atoms with Crippen molar-refractivity contribution in [3.8, 4) is 11.1 Å². The van der Waals surface area contributed by atoms with E-state index in [4.69, 9.17) is 4.74 Å². The maximum Gasteiger partial charge on any atom is 0.327 e. The fraction of sp³-hybridized carbons (Fsp3) is 0.208. The van der Waals surface area contributed by atoms with E-state index in [1.165, 1.54) is 6.07 Å². The second-order valence-corrected chi connectivity index (χ2v) is 9.07. The number of carbonyl (C=O) groups is 1. The minimum absolute atomic E-state index is 0.0358. The standard InChI is InChI=1S/C24H23NO5S/c1-2-30-24(27)22(23(26)16-8-4-3-5-9-16)25-31(28,29)19-12-13-21-18(15-19)14-17-10-6-7-11-20(17)21/h3-13,15,22-23,25-26H,2,14H2,1H3. The second-order valence-electron chi connectivity index (χ2n) is 7.36. The molecule has 0 aliphatic heterocycles. The van der Waals surface area contributed by atoms with Crippen LogP contribution in [0.5, 0.6) is 0 Å². The predicted octanol–water partition coefficient (Wildman–Crippen LogP) is 3.20. The highest BCUT2D eigenvalue weighted by atomic mass is 32.2. The van der Waals surface area contributed by atoms with Crippen LogP contribution >= 0.6 is 0 Å². The molecule has 0 saturated heterocycles. The Kier molecular flexibility index (Phi) is 5.91. The Morgan fingerprint density at radius 1 is 1.00 bits per heavy atom. The first-order valence-electron chi connectivity index (χ1n) is 10.0. The summed E-state index contributed by atoms with van der Waals surface area (Å²) in [5, 5.41) is 10.7. The summed E-state index contributed by atoms with van der Waals surface area (Å²) in [5.41, 5.74) is 4.55. The molecule has 3 aromatic rings. The smallest absolute Gasteiger partial charge is 0.327 e. The van der Waals surface area contributed by atoms with Crippen molar-refractivity contribution in [2.24, 2.45) is 0 Å². The average molecular weight is 438 g/mol. The van der Waals surface area contributed by atoms with Gasteiger partial charge in [0.1, 0.15) is 12.1 Å². The molecule has 31 heavy (non-hydrogen) atoms. The van der Waals surface area contributed by atoms with E-state index < -0.39 is 28.1 Å². The van der Waals surface area contributed by atoms with Gasteiger partial charge < -0.3 is 9.84 Å². The molecule has 0 spiro atoms. The SMILES string of the molecule is CCOC(=O)C(NS(=O)(=O)c1ccc2c(c1)Cc1ccccc1-2)C(O)c1ccccc1. The number of nitrogens with one attached hydrogen (secondary N) is 1. The fourth-order valence-corrected chi connectivity index (χ4v) is 5.08. The van der Waals surface area contributed by atoms with Crippen LogP contribution in [0.3, 0.4) is 0 Å². The lowest BCUT2D eigenvalue weighted by molar-refractivity contribution is -0.148. The van der Waals surface area contributed by atoms with Gasteiger partial charge in [0.25, 0.3) is 0 Å². The van der Waals surface area contributed by atoms with Crippen molar-refractivity contribution >= 4 is 16.0 Å². The largest absolute Gasteiger partial charge is 0.465 e. The average Bonchev–Trinajstić information content (AvgIpc) is 3.15. The molecule has 0 bridgehead atoms. The van der Waals surface area contributed by atoms with Crippen LogP contribution in [-0.4, -0.2) is 32.1 Å². The Morgan fingerprint density at radius 3 is 2.42 bits per heavy atom. The molecule has 160 valence electrons. The summed E-state index contributed by atoms with van der Waals surface area (Å²) >= 11 is 0. The number of hydrogen-bond donors (Lipinski definition) is 2. The van der Waals surface area contributed by atoms with Crippen molar-refractivity contribution in [3.05, 3.63) is 89.5 Å². The van der Waals surface area contributed by atoms with E-state index in [1.54, 1.807) is 49.4 Å². The van der Waals surface area contributed by atoms with Crippen LogP contribution in [0, 0.1) is 0 Å². The van der Waals surface area contributed by atoms with Gasteiger partial charge in [0.15, 0.2) is 0 Å². The summed E-state index contributed by atoms with van der Waals surface area (Å²) in [7, 11) is -4.10. The molecule has 0 radical (unpaired) electrons. The molecule has 1 aliphatic carbocycles. The first-order chi connectivity index (χ1) is 14.9. The van der Waals surface area contributed by atoms with E-state index in [1.807, 2.05) is 24.3 Å². The van der Waals surface area contributed by atoms with Gasteiger partial charge in [-0.05, 0) is 53.3 Å². The van der Waals surface area contributed by atoms with Crippen LogP contribution in [0.2, 0.25) is 0 Å². The molecule has 1 aliphatic rings. The van der Waals surface area contributed by atoms with Gasteiger partial charge in [-0.2, -0.15) is 4.72 Å². The Hall–Kier alpha value is -3.00. The Morgan fingerprint density at radius 2 is 1.68 bits per heavy atom. The second kappa shape index (κ2) is 8.63. The zero-order valence-electron chi connectivity index (χ0n) is 17.0. The summed E-state index contributed by atoms with van der Waals surface area (Å²) in [6.45, 7) is 1.69. The van der Waals surface area contributed by atoms with Gasteiger partial charge in [-0.25, -0.2) is 8.42 Å². The highest BCUT2D eigenvalue weighted by Crippen LogP contribution is 2.37. The van der Waals surface area contributed by atoms with Gasteiger partial charge in [0, 0.05) is 0 Å². The molecule has 0 heterocycles. The predicted molar refractivity (Wildman–Crippen MR) is 117 cm³/mol. The van der Waals surface area contributed by atoms with E-state index in [9.17, 15) is 18.3 Å². The number of ether oxygens (including phenoxy) is 1. The van der Waals surface area contributed by atoms with Gasteiger partial charge >= 0.3 is 5.97 Å². The van der Waals surface area contributed by atoms with Gasteiger partial charge in [0.05, 0.1) is 11.5 Å². The summed E-state index contributed by atoms with van der Waals surface area (Å²) < 4.78 is 33.6. The molecule has 0 aromatic heterocycles. The molecular weight excluding hydrogens is 414 g/mol. The molecule has 4 rings (SSSR count). The van der Waals surface area contributed by atoms with Crippen molar-refractivity contribution in [3.63, 3.8) is 0 Å². The number of aliphatic hydroxyl groups is 1. The van der Waals surface area contributed by atoms with Crippen molar-refractivity contribution in [1.82, 2.24) is 4.72 Å². The first kappa shape index (κ1) is 21.2. The summed E-state index contributed by atoms with van der Waals surface area (Å²) in [6, 6.07) is 19.8. The molecule has 2 N–H and O–H groups in total. The summed E-state index contributed by atoms with van der Waals surface area (Å²) in [5.74, 6) is -0.837. The number of hydrogen-bond acceptors (Lipinski definition) is 5. The van der Waals surface area contributed by atoms with Crippen molar-refractivity contribution in [1.29, 1.82) is 0 Å². The molecule has 6 nitrogen and oxygen atoms in total. The lowest BCUT2D eigenvalue weighted by Gasteiger charge is -2.23. The zero-order chi connectivity index (χ0) is 22.0. The third kappa shape index (κ3) is 4.25. The van der Waals surface area contributed by atoms with Gasteiger partial charge in [-0.3, -0.25) is 4.79 Å². The van der Waals surface area contributed by atoms with E-state index in [2.05, 4.69) is 4.72 Å². The van der Waals surface area contributed by atoms with Crippen LogP contribution in [-0.2, 0) is 26.0 Å². The molecule has 0 fully saturated rings. The number of carbonyl (C=O) groups excluding carboxylic acids is 1. The number of benzene rings is 3. The van der Waals surface area contributed by atoms with Gasteiger partial charge in [-0.1, -0.05) is 60.7 Å². The quantitative estimate of drug-likeness (QED) is 0.433. The molecule has 7 heteroatoms. The van der Waals surface area contributed by atoms with Crippen LogP contribution in [0.4, 0.5) is 0 Å². The van der Waals surface area contributed by atoms with Crippen molar-refractivity contribution in [2.45, 2.75) is 30.4 Å². The molecule has 0 amide bonds. The Bertz CT molecular complexity index is 1210. The summed E-state index contributed by atoms with van der Waals surface area (Å²) in [4.78, 5) is 12.5. The first-order valence-corrected chi connectivity index (χ1v) is 11.5.